The number of rotatable bonds is 3. The molecule has 0 aromatic carbocycles. The number of aliphatic carboxylic acids is 1. The van der Waals surface area contributed by atoms with Crippen molar-refractivity contribution in [2.24, 2.45) is 5.92 Å². The molecule has 12 heavy (non-hydrogen) atoms. The molecular formula is C9H16O3. The van der Waals surface area contributed by atoms with Crippen LogP contribution in [0, 0.1) is 5.92 Å². The fraction of sp³-hybridized carbons (Fsp3) is 0.667. The maximum atomic E-state index is 10.5. The molecule has 0 fully saturated rings. The van der Waals surface area contributed by atoms with Crippen molar-refractivity contribution in [2.45, 2.75) is 33.8 Å². The quantitative estimate of drug-likeness (QED) is 0.633. The van der Waals surface area contributed by atoms with Crippen molar-refractivity contribution in [2.75, 3.05) is 0 Å². The first kappa shape index (κ1) is 11.2. The summed E-state index contributed by atoms with van der Waals surface area (Å²) in [6.45, 7) is 7.35. The molecule has 1 atom stereocenters. The van der Waals surface area contributed by atoms with Gasteiger partial charge in [0.1, 0.15) is 0 Å². The van der Waals surface area contributed by atoms with Crippen LogP contribution in [0.2, 0.25) is 0 Å². The lowest BCUT2D eigenvalue weighted by atomic mass is 9.93. The lowest BCUT2D eigenvalue weighted by Crippen LogP contribution is -2.25. The highest BCUT2D eigenvalue weighted by molar-refractivity contribution is 5.76. The Kier molecular flexibility index (Phi) is 3.96. The summed E-state index contributed by atoms with van der Waals surface area (Å²) in [7, 11) is 0. The van der Waals surface area contributed by atoms with E-state index in [2.05, 4.69) is 0 Å². The minimum atomic E-state index is -1.35. The zero-order chi connectivity index (χ0) is 9.89. The van der Waals surface area contributed by atoms with E-state index in [0.29, 0.717) is 5.57 Å². The molecule has 0 radical (unpaired) electrons. The summed E-state index contributed by atoms with van der Waals surface area (Å²) in [5.74, 6) is -1.11. The van der Waals surface area contributed by atoms with E-state index in [-0.39, 0.29) is 5.92 Å². The van der Waals surface area contributed by atoms with Crippen molar-refractivity contribution in [3.8, 4) is 0 Å². The van der Waals surface area contributed by atoms with Gasteiger partial charge in [-0.3, -0.25) is 0 Å². The number of carboxylic acid groups (broad SMARTS) is 1. The van der Waals surface area contributed by atoms with Gasteiger partial charge in [-0.1, -0.05) is 19.4 Å². The predicted molar refractivity (Wildman–Crippen MR) is 46.9 cm³/mol. The summed E-state index contributed by atoms with van der Waals surface area (Å²) >= 11 is 0. The van der Waals surface area contributed by atoms with Crippen LogP contribution in [0.3, 0.4) is 0 Å². The van der Waals surface area contributed by atoms with Gasteiger partial charge in [-0.05, 0) is 25.3 Å². The number of aliphatic hydroxyl groups is 1. The Morgan fingerprint density at radius 1 is 1.25 bits per heavy atom. The smallest absolute Gasteiger partial charge is 0.336 e. The van der Waals surface area contributed by atoms with Crippen molar-refractivity contribution in [1.82, 2.24) is 0 Å². The zero-order valence-electron chi connectivity index (χ0n) is 7.96. The summed E-state index contributed by atoms with van der Waals surface area (Å²) in [5, 5.41) is 17.8. The molecule has 0 saturated carbocycles. The molecule has 0 aliphatic carbocycles. The van der Waals surface area contributed by atoms with Crippen molar-refractivity contribution in [1.29, 1.82) is 0 Å². The molecule has 0 bridgehead atoms. The van der Waals surface area contributed by atoms with Gasteiger partial charge in [0.15, 0.2) is 6.10 Å². The van der Waals surface area contributed by atoms with E-state index in [1.54, 1.807) is 0 Å². The van der Waals surface area contributed by atoms with Crippen molar-refractivity contribution in [3.05, 3.63) is 11.1 Å². The zero-order valence-corrected chi connectivity index (χ0v) is 7.96. The highest BCUT2D eigenvalue weighted by atomic mass is 16.4. The van der Waals surface area contributed by atoms with Gasteiger partial charge in [0.25, 0.3) is 0 Å². The maximum Gasteiger partial charge on any atom is 0.336 e. The Hall–Kier alpha value is -0.830. The second-order valence-electron chi connectivity index (χ2n) is 3.35. The molecule has 0 aromatic rings. The number of hydrogen-bond acceptors (Lipinski definition) is 2. The van der Waals surface area contributed by atoms with E-state index >= 15 is 0 Å². The fourth-order valence-corrected chi connectivity index (χ4v) is 1.30. The Balaban J connectivity index is 4.78. The maximum absolute atomic E-state index is 10.5. The second kappa shape index (κ2) is 4.26. The lowest BCUT2D eigenvalue weighted by Gasteiger charge is -2.16. The van der Waals surface area contributed by atoms with Gasteiger partial charge in [0, 0.05) is 0 Å². The van der Waals surface area contributed by atoms with Crippen LogP contribution in [-0.4, -0.2) is 22.3 Å². The van der Waals surface area contributed by atoms with Crippen LogP contribution in [0.1, 0.15) is 27.7 Å². The largest absolute Gasteiger partial charge is 0.479 e. The van der Waals surface area contributed by atoms with Gasteiger partial charge < -0.3 is 10.2 Å². The number of carbonyl (C=O) groups is 1. The molecule has 0 heterocycles. The highest BCUT2D eigenvalue weighted by Crippen LogP contribution is 2.18. The van der Waals surface area contributed by atoms with Crippen LogP contribution in [-0.2, 0) is 4.79 Å². The summed E-state index contributed by atoms with van der Waals surface area (Å²) in [6, 6.07) is 0. The molecule has 3 nitrogen and oxygen atoms in total. The topological polar surface area (TPSA) is 57.5 Å². The molecule has 70 valence electrons. The minimum Gasteiger partial charge on any atom is -0.479 e. The van der Waals surface area contributed by atoms with Crippen LogP contribution < -0.4 is 0 Å². The highest BCUT2D eigenvalue weighted by Gasteiger charge is 2.21. The molecule has 1 unspecified atom stereocenters. The molecule has 0 aliphatic heterocycles. The number of aliphatic hydroxyl groups excluding tert-OH is 1. The standard InChI is InChI=1S/C9H16O3/c1-5(2)7(6(3)4)8(10)9(11)12/h5,8,10H,1-4H3,(H,11,12). The Bertz CT molecular complexity index is 200. The van der Waals surface area contributed by atoms with E-state index in [0.717, 1.165) is 5.57 Å². The first-order valence-electron chi connectivity index (χ1n) is 3.96. The first-order chi connectivity index (χ1) is 5.37. The molecule has 0 saturated heterocycles. The van der Waals surface area contributed by atoms with E-state index in [1.807, 2.05) is 27.7 Å². The molecule has 3 heteroatoms. The van der Waals surface area contributed by atoms with Crippen LogP contribution in [0.5, 0.6) is 0 Å². The third-order valence-corrected chi connectivity index (χ3v) is 1.73. The summed E-state index contributed by atoms with van der Waals surface area (Å²) in [6.07, 6.45) is -1.35. The van der Waals surface area contributed by atoms with E-state index in [9.17, 15) is 9.90 Å². The molecule has 0 amide bonds. The monoisotopic (exact) mass is 172 g/mol. The van der Waals surface area contributed by atoms with Crippen LogP contribution >= 0.6 is 0 Å². The van der Waals surface area contributed by atoms with E-state index in [1.165, 1.54) is 0 Å². The lowest BCUT2D eigenvalue weighted by molar-refractivity contribution is -0.144. The van der Waals surface area contributed by atoms with Crippen LogP contribution in [0.15, 0.2) is 11.1 Å². The summed E-state index contributed by atoms with van der Waals surface area (Å²) in [5.41, 5.74) is 1.47. The molecule has 0 aliphatic rings. The average Bonchev–Trinajstić information content (AvgIpc) is 1.85. The third kappa shape index (κ3) is 2.66. The van der Waals surface area contributed by atoms with Gasteiger partial charge in [-0.15, -0.1) is 0 Å². The normalized spacial score (nSPS) is 12.8. The van der Waals surface area contributed by atoms with Gasteiger partial charge >= 0.3 is 5.97 Å². The number of carboxylic acids is 1. The van der Waals surface area contributed by atoms with Gasteiger partial charge in [-0.2, -0.15) is 0 Å². The first-order valence-corrected chi connectivity index (χ1v) is 3.96. The SMILES string of the molecule is CC(C)=C(C(C)C)C(O)C(=O)O. The number of hydrogen-bond donors (Lipinski definition) is 2. The van der Waals surface area contributed by atoms with Crippen LogP contribution in [0.4, 0.5) is 0 Å². The Labute approximate surface area is 72.7 Å². The molecule has 0 rings (SSSR count). The minimum absolute atomic E-state index is 0.0705. The Morgan fingerprint density at radius 3 is 1.75 bits per heavy atom. The third-order valence-electron chi connectivity index (χ3n) is 1.73. The van der Waals surface area contributed by atoms with Crippen LogP contribution in [0.25, 0.3) is 0 Å². The predicted octanol–water partition coefficient (Wildman–Crippen LogP) is 1.42. The van der Waals surface area contributed by atoms with Crippen molar-refractivity contribution >= 4 is 5.97 Å². The molecule has 0 spiro atoms. The number of allylic oxidation sites excluding steroid dienone is 1. The van der Waals surface area contributed by atoms with Crippen molar-refractivity contribution < 1.29 is 15.0 Å². The average molecular weight is 172 g/mol. The Morgan fingerprint density at radius 2 is 1.67 bits per heavy atom. The molecule has 0 aromatic heterocycles. The summed E-state index contributed by atoms with van der Waals surface area (Å²) in [4.78, 5) is 10.5. The van der Waals surface area contributed by atoms with E-state index < -0.39 is 12.1 Å². The summed E-state index contributed by atoms with van der Waals surface area (Å²) < 4.78 is 0. The van der Waals surface area contributed by atoms with Gasteiger partial charge in [-0.25, -0.2) is 4.79 Å². The molecular weight excluding hydrogens is 156 g/mol. The van der Waals surface area contributed by atoms with Gasteiger partial charge in [0.2, 0.25) is 0 Å². The fourth-order valence-electron chi connectivity index (χ4n) is 1.30. The second-order valence-corrected chi connectivity index (χ2v) is 3.35. The van der Waals surface area contributed by atoms with E-state index in [4.69, 9.17) is 5.11 Å². The van der Waals surface area contributed by atoms with Crippen molar-refractivity contribution in [3.63, 3.8) is 0 Å². The van der Waals surface area contributed by atoms with Gasteiger partial charge in [0.05, 0.1) is 0 Å². The molecule has 2 N–H and O–H groups in total.